The number of hydrogen-bond donors (Lipinski definition) is 0. The van der Waals surface area contributed by atoms with Gasteiger partial charge in [0.25, 0.3) is 5.91 Å². The molecule has 0 aromatic rings. The van der Waals surface area contributed by atoms with Gasteiger partial charge >= 0.3 is 0 Å². The Morgan fingerprint density at radius 2 is 1.71 bits per heavy atom. The Morgan fingerprint density at radius 3 is 2.14 bits per heavy atom. The van der Waals surface area contributed by atoms with Crippen molar-refractivity contribution in [1.82, 2.24) is 4.90 Å². The van der Waals surface area contributed by atoms with E-state index in [-0.39, 0.29) is 5.91 Å². The van der Waals surface area contributed by atoms with E-state index in [9.17, 15) is 4.79 Å². The maximum Gasteiger partial charge on any atom is 0.298 e. The number of piperidine rings is 1. The zero-order chi connectivity index (χ0) is 9.97. The third-order valence-electron chi connectivity index (χ3n) is 3.77. The second-order valence-electron chi connectivity index (χ2n) is 4.46. The van der Waals surface area contributed by atoms with Crippen molar-refractivity contribution in [2.75, 3.05) is 13.1 Å². The topological polar surface area (TPSA) is 20.3 Å². The highest BCUT2D eigenvalue weighted by Gasteiger charge is 2.30. The zero-order valence-corrected chi connectivity index (χ0v) is 8.54. The number of nitrogens with zero attached hydrogens (tertiary/aromatic N) is 1. The molecule has 1 amide bonds. The third kappa shape index (κ3) is 1.77. The van der Waals surface area contributed by atoms with Gasteiger partial charge in [0.1, 0.15) is 0 Å². The SMILES string of the molecule is C#CC(=O)N1CCC(C2CCC2)CC1. The van der Waals surface area contributed by atoms with Crippen LogP contribution in [-0.4, -0.2) is 23.9 Å². The van der Waals surface area contributed by atoms with Crippen LogP contribution >= 0.6 is 0 Å². The molecule has 76 valence electrons. The van der Waals surface area contributed by atoms with E-state index in [1.807, 2.05) is 4.90 Å². The molecule has 0 bridgehead atoms. The fourth-order valence-corrected chi connectivity index (χ4v) is 2.58. The highest BCUT2D eigenvalue weighted by atomic mass is 16.2. The Hall–Kier alpha value is -0.970. The summed E-state index contributed by atoms with van der Waals surface area (Å²) < 4.78 is 0. The van der Waals surface area contributed by atoms with E-state index in [0.717, 1.165) is 37.8 Å². The van der Waals surface area contributed by atoms with Gasteiger partial charge in [-0.2, -0.15) is 0 Å². The van der Waals surface area contributed by atoms with E-state index >= 15 is 0 Å². The molecular weight excluding hydrogens is 174 g/mol. The molecule has 0 atom stereocenters. The van der Waals surface area contributed by atoms with Gasteiger partial charge in [0.2, 0.25) is 0 Å². The highest BCUT2D eigenvalue weighted by molar-refractivity contribution is 5.92. The summed E-state index contributed by atoms with van der Waals surface area (Å²) in [5.41, 5.74) is 0. The van der Waals surface area contributed by atoms with Gasteiger partial charge in [-0.1, -0.05) is 19.3 Å². The molecule has 1 aliphatic heterocycles. The molecule has 0 spiro atoms. The number of rotatable bonds is 1. The van der Waals surface area contributed by atoms with Crippen molar-refractivity contribution in [3.05, 3.63) is 0 Å². The lowest BCUT2D eigenvalue weighted by molar-refractivity contribution is -0.126. The van der Waals surface area contributed by atoms with E-state index in [1.165, 1.54) is 19.3 Å². The molecule has 0 aromatic carbocycles. The van der Waals surface area contributed by atoms with Gasteiger partial charge < -0.3 is 4.90 Å². The van der Waals surface area contributed by atoms with Crippen molar-refractivity contribution in [3.8, 4) is 12.3 Å². The normalized spacial score (nSPS) is 24.1. The summed E-state index contributed by atoms with van der Waals surface area (Å²) in [6, 6.07) is 0. The molecule has 2 nitrogen and oxygen atoms in total. The lowest BCUT2D eigenvalue weighted by atomic mass is 9.72. The van der Waals surface area contributed by atoms with Gasteiger partial charge in [-0.15, -0.1) is 6.42 Å². The first-order chi connectivity index (χ1) is 6.81. The highest BCUT2D eigenvalue weighted by Crippen LogP contribution is 2.38. The van der Waals surface area contributed by atoms with Crippen LogP contribution in [0.15, 0.2) is 0 Å². The van der Waals surface area contributed by atoms with E-state index < -0.39 is 0 Å². The van der Waals surface area contributed by atoms with Crippen molar-refractivity contribution < 1.29 is 4.79 Å². The number of carbonyl (C=O) groups is 1. The van der Waals surface area contributed by atoms with Gasteiger partial charge in [0, 0.05) is 13.1 Å². The molecule has 2 heteroatoms. The van der Waals surface area contributed by atoms with Crippen LogP contribution in [0.3, 0.4) is 0 Å². The molecule has 0 unspecified atom stereocenters. The summed E-state index contributed by atoms with van der Waals surface area (Å²) in [4.78, 5) is 13.0. The van der Waals surface area contributed by atoms with E-state index in [2.05, 4.69) is 5.92 Å². The molecule has 1 saturated carbocycles. The Kier molecular flexibility index (Phi) is 2.77. The minimum Gasteiger partial charge on any atom is -0.332 e. The smallest absolute Gasteiger partial charge is 0.298 e. The van der Waals surface area contributed by atoms with Gasteiger partial charge in [-0.05, 0) is 30.6 Å². The second-order valence-corrected chi connectivity index (χ2v) is 4.46. The standard InChI is InChI=1S/C12H17NO/c1-2-12(14)13-8-6-11(7-9-13)10-4-3-5-10/h1,10-11H,3-9H2. The van der Waals surface area contributed by atoms with Crippen LogP contribution in [0.1, 0.15) is 32.1 Å². The Morgan fingerprint density at radius 1 is 1.14 bits per heavy atom. The minimum atomic E-state index is -0.128. The zero-order valence-electron chi connectivity index (χ0n) is 8.54. The number of amides is 1. The van der Waals surface area contributed by atoms with E-state index in [0.29, 0.717) is 0 Å². The summed E-state index contributed by atoms with van der Waals surface area (Å²) in [5.74, 6) is 3.89. The molecule has 2 fully saturated rings. The Labute approximate surface area is 85.7 Å². The first kappa shape index (κ1) is 9.58. The largest absolute Gasteiger partial charge is 0.332 e. The van der Waals surface area contributed by atoms with Crippen molar-refractivity contribution in [2.45, 2.75) is 32.1 Å². The number of hydrogen-bond acceptors (Lipinski definition) is 1. The van der Waals surface area contributed by atoms with Crippen molar-refractivity contribution in [1.29, 1.82) is 0 Å². The van der Waals surface area contributed by atoms with Gasteiger partial charge in [0.05, 0.1) is 0 Å². The van der Waals surface area contributed by atoms with Crippen LogP contribution < -0.4 is 0 Å². The van der Waals surface area contributed by atoms with Crippen LogP contribution in [0.25, 0.3) is 0 Å². The van der Waals surface area contributed by atoms with Gasteiger partial charge in [0.15, 0.2) is 0 Å². The molecule has 0 N–H and O–H groups in total. The van der Waals surface area contributed by atoms with E-state index in [1.54, 1.807) is 0 Å². The summed E-state index contributed by atoms with van der Waals surface area (Å²) >= 11 is 0. The van der Waals surface area contributed by atoms with Gasteiger partial charge in [-0.25, -0.2) is 0 Å². The summed E-state index contributed by atoms with van der Waals surface area (Å²) in [7, 11) is 0. The first-order valence-corrected chi connectivity index (χ1v) is 5.57. The van der Waals surface area contributed by atoms with E-state index in [4.69, 9.17) is 6.42 Å². The number of carbonyl (C=O) groups excluding carboxylic acids is 1. The van der Waals surface area contributed by atoms with Crippen LogP contribution in [-0.2, 0) is 4.79 Å². The average Bonchev–Trinajstić information content (AvgIpc) is 2.15. The van der Waals surface area contributed by atoms with Crippen molar-refractivity contribution in [3.63, 3.8) is 0 Å². The lowest BCUT2D eigenvalue weighted by Gasteiger charge is -2.39. The average molecular weight is 191 g/mol. The summed E-state index contributed by atoms with van der Waals surface area (Å²) in [6.07, 6.45) is 11.7. The summed E-state index contributed by atoms with van der Waals surface area (Å²) in [5, 5.41) is 0. The van der Waals surface area contributed by atoms with Crippen molar-refractivity contribution >= 4 is 5.91 Å². The fourth-order valence-electron chi connectivity index (χ4n) is 2.58. The molecule has 1 aliphatic carbocycles. The quantitative estimate of drug-likeness (QED) is 0.577. The van der Waals surface area contributed by atoms with Crippen LogP contribution in [0.4, 0.5) is 0 Å². The molecule has 0 radical (unpaired) electrons. The summed E-state index contributed by atoms with van der Waals surface area (Å²) in [6.45, 7) is 1.76. The minimum absolute atomic E-state index is 0.128. The molecule has 2 rings (SSSR count). The maximum absolute atomic E-state index is 11.2. The molecule has 2 aliphatic rings. The third-order valence-corrected chi connectivity index (χ3v) is 3.77. The predicted octanol–water partition coefficient (Wildman–Crippen LogP) is 1.66. The van der Waals surface area contributed by atoms with Crippen LogP contribution in [0.5, 0.6) is 0 Å². The predicted molar refractivity (Wildman–Crippen MR) is 55.5 cm³/mol. The second kappa shape index (κ2) is 4.04. The van der Waals surface area contributed by atoms with Gasteiger partial charge in [-0.3, -0.25) is 4.79 Å². The Balaban J connectivity index is 1.80. The molecule has 1 heterocycles. The van der Waals surface area contributed by atoms with Crippen LogP contribution in [0.2, 0.25) is 0 Å². The molecule has 14 heavy (non-hydrogen) atoms. The number of likely N-dealkylation sites (tertiary alicyclic amines) is 1. The first-order valence-electron chi connectivity index (χ1n) is 5.57. The van der Waals surface area contributed by atoms with Crippen molar-refractivity contribution in [2.24, 2.45) is 11.8 Å². The molecular formula is C12H17NO. The Bertz CT molecular complexity index is 254. The monoisotopic (exact) mass is 191 g/mol. The fraction of sp³-hybridized carbons (Fsp3) is 0.750. The van der Waals surface area contributed by atoms with Crippen LogP contribution in [0, 0.1) is 24.2 Å². The number of terminal acetylenes is 1. The maximum atomic E-state index is 11.2. The molecule has 1 saturated heterocycles. The lowest BCUT2D eigenvalue weighted by Crippen LogP contribution is -2.40. The molecule has 0 aromatic heterocycles.